The lowest BCUT2D eigenvalue weighted by molar-refractivity contribution is -0.314. The lowest BCUT2D eigenvalue weighted by Crippen LogP contribution is -2.62. The summed E-state index contributed by atoms with van der Waals surface area (Å²) in [6.07, 6.45) is 2.33. The lowest BCUT2D eigenvalue weighted by Gasteiger charge is -2.45. The SMILES string of the molecule is CCCCOC1C(OCCCC)[C@H](OCCCC)C(COC(C)=O)O[C@@H]1OC(C)=O. The number of rotatable bonds is 15. The van der Waals surface area contributed by atoms with Crippen molar-refractivity contribution in [3.63, 3.8) is 0 Å². The number of carbonyl (C=O) groups is 2. The van der Waals surface area contributed by atoms with Gasteiger partial charge in [-0.05, 0) is 19.3 Å². The van der Waals surface area contributed by atoms with Gasteiger partial charge in [0.2, 0.25) is 6.29 Å². The molecule has 1 heterocycles. The summed E-state index contributed by atoms with van der Waals surface area (Å²) in [6, 6.07) is 0. The zero-order valence-electron chi connectivity index (χ0n) is 19.2. The Hall–Kier alpha value is -1.22. The zero-order chi connectivity index (χ0) is 22.4. The minimum Gasteiger partial charge on any atom is -0.463 e. The van der Waals surface area contributed by atoms with Crippen molar-refractivity contribution in [3.8, 4) is 0 Å². The molecule has 30 heavy (non-hydrogen) atoms. The van der Waals surface area contributed by atoms with Crippen LogP contribution in [-0.4, -0.2) is 69.1 Å². The smallest absolute Gasteiger partial charge is 0.305 e. The molecule has 1 aliphatic heterocycles. The maximum atomic E-state index is 11.7. The van der Waals surface area contributed by atoms with Crippen LogP contribution in [0.15, 0.2) is 0 Å². The Morgan fingerprint density at radius 2 is 1.23 bits per heavy atom. The Morgan fingerprint density at radius 1 is 0.733 bits per heavy atom. The molecule has 0 aromatic rings. The molecular formula is C22H40O8. The van der Waals surface area contributed by atoms with Crippen molar-refractivity contribution in [1.29, 1.82) is 0 Å². The standard InChI is InChI=1S/C22H40O8/c1-6-9-12-25-19-18(15-28-16(4)23)30-22(29-17(5)24)21(27-14-11-8-3)20(19)26-13-10-7-2/h18-22H,6-15H2,1-5H3/t18?,19-,20?,21?,22+/m1/s1. The molecule has 5 atom stereocenters. The van der Waals surface area contributed by atoms with Crippen molar-refractivity contribution < 1.29 is 38.0 Å². The highest BCUT2D eigenvalue weighted by Gasteiger charge is 2.50. The van der Waals surface area contributed by atoms with Crippen LogP contribution < -0.4 is 0 Å². The Bertz CT molecular complexity index is 484. The van der Waals surface area contributed by atoms with Gasteiger partial charge < -0.3 is 28.4 Å². The van der Waals surface area contributed by atoms with E-state index >= 15 is 0 Å². The number of ether oxygens (including phenoxy) is 6. The van der Waals surface area contributed by atoms with Gasteiger partial charge in [0.05, 0.1) is 0 Å². The second-order valence-corrected chi connectivity index (χ2v) is 7.52. The van der Waals surface area contributed by atoms with Gasteiger partial charge in [-0.1, -0.05) is 40.0 Å². The topological polar surface area (TPSA) is 89.5 Å². The van der Waals surface area contributed by atoms with Crippen molar-refractivity contribution in [2.75, 3.05) is 26.4 Å². The highest BCUT2D eigenvalue weighted by atomic mass is 16.7. The van der Waals surface area contributed by atoms with E-state index in [9.17, 15) is 9.59 Å². The molecule has 1 fully saturated rings. The maximum absolute atomic E-state index is 11.7. The van der Waals surface area contributed by atoms with E-state index in [2.05, 4.69) is 20.8 Å². The number of carbonyl (C=O) groups excluding carboxylic acids is 2. The van der Waals surface area contributed by atoms with Crippen molar-refractivity contribution >= 4 is 11.9 Å². The molecule has 176 valence electrons. The van der Waals surface area contributed by atoms with E-state index in [1.807, 2.05) is 0 Å². The first-order chi connectivity index (χ1) is 14.4. The Kier molecular flexibility index (Phi) is 13.9. The molecule has 0 aromatic carbocycles. The molecule has 1 saturated heterocycles. The minimum atomic E-state index is -0.961. The van der Waals surface area contributed by atoms with Crippen LogP contribution in [0.4, 0.5) is 0 Å². The van der Waals surface area contributed by atoms with Gasteiger partial charge in [0.25, 0.3) is 0 Å². The van der Waals surface area contributed by atoms with E-state index in [1.165, 1.54) is 13.8 Å². The van der Waals surface area contributed by atoms with Crippen molar-refractivity contribution in [3.05, 3.63) is 0 Å². The first kappa shape index (κ1) is 26.8. The third-order valence-corrected chi connectivity index (χ3v) is 4.75. The van der Waals surface area contributed by atoms with E-state index in [-0.39, 0.29) is 6.61 Å². The lowest BCUT2D eigenvalue weighted by atomic mass is 9.98. The third kappa shape index (κ3) is 9.73. The molecular weight excluding hydrogens is 392 g/mol. The average Bonchev–Trinajstić information content (AvgIpc) is 2.69. The van der Waals surface area contributed by atoms with Crippen molar-refractivity contribution in [2.45, 2.75) is 104 Å². The predicted octanol–water partition coefficient (Wildman–Crippen LogP) is 3.39. The van der Waals surface area contributed by atoms with E-state index in [0.717, 1.165) is 38.5 Å². The molecule has 1 rings (SSSR count). The fraction of sp³-hybridized carbons (Fsp3) is 0.909. The monoisotopic (exact) mass is 432 g/mol. The molecule has 0 aliphatic carbocycles. The first-order valence-corrected chi connectivity index (χ1v) is 11.2. The normalized spacial score (nSPS) is 26.4. The quantitative estimate of drug-likeness (QED) is 0.287. The molecule has 0 radical (unpaired) electrons. The molecule has 8 nitrogen and oxygen atoms in total. The van der Waals surface area contributed by atoms with Crippen LogP contribution in [0.3, 0.4) is 0 Å². The number of unbranched alkanes of at least 4 members (excludes halogenated alkanes) is 3. The van der Waals surface area contributed by atoms with Crippen molar-refractivity contribution in [2.24, 2.45) is 0 Å². The van der Waals surface area contributed by atoms with E-state index < -0.39 is 42.6 Å². The van der Waals surface area contributed by atoms with Gasteiger partial charge in [0, 0.05) is 33.7 Å². The second-order valence-electron chi connectivity index (χ2n) is 7.52. The highest BCUT2D eigenvalue weighted by molar-refractivity contribution is 5.66. The second kappa shape index (κ2) is 15.6. The van der Waals surface area contributed by atoms with E-state index in [4.69, 9.17) is 28.4 Å². The molecule has 0 aromatic heterocycles. The van der Waals surface area contributed by atoms with Gasteiger partial charge in [-0.25, -0.2) is 0 Å². The number of hydrogen-bond donors (Lipinski definition) is 0. The highest BCUT2D eigenvalue weighted by Crippen LogP contribution is 2.30. The predicted molar refractivity (Wildman–Crippen MR) is 111 cm³/mol. The van der Waals surface area contributed by atoms with Gasteiger partial charge in [-0.2, -0.15) is 0 Å². The summed E-state index contributed by atoms with van der Waals surface area (Å²) in [6.45, 7) is 10.4. The minimum absolute atomic E-state index is 0.0147. The molecule has 0 bridgehead atoms. The van der Waals surface area contributed by atoms with Gasteiger partial charge >= 0.3 is 11.9 Å². The zero-order valence-corrected chi connectivity index (χ0v) is 19.2. The van der Waals surface area contributed by atoms with Crippen LogP contribution >= 0.6 is 0 Å². The summed E-state index contributed by atoms with van der Waals surface area (Å²) < 4.78 is 35.1. The van der Waals surface area contributed by atoms with Crippen molar-refractivity contribution in [1.82, 2.24) is 0 Å². The van der Waals surface area contributed by atoms with E-state index in [1.54, 1.807) is 0 Å². The molecule has 0 spiro atoms. The largest absolute Gasteiger partial charge is 0.463 e. The Balaban J connectivity index is 3.12. The summed E-state index contributed by atoms with van der Waals surface area (Å²) in [5.41, 5.74) is 0. The average molecular weight is 433 g/mol. The first-order valence-electron chi connectivity index (χ1n) is 11.2. The fourth-order valence-corrected chi connectivity index (χ4v) is 3.13. The van der Waals surface area contributed by atoms with Crippen LogP contribution in [0.5, 0.6) is 0 Å². The van der Waals surface area contributed by atoms with Gasteiger partial charge in [0.1, 0.15) is 31.0 Å². The summed E-state index contributed by atoms with van der Waals surface area (Å²) in [4.78, 5) is 23.1. The third-order valence-electron chi connectivity index (χ3n) is 4.75. The van der Waals surface area contributed by atoms with E-state index in [0.29, 0.717) is 19.8 Å². The van der Waals surface area contributed by atoms with Crippen LogP contribution in [0.1, 0.15) is 73.1 Å². The molecule has 3 unspecified atom stereocenters. The Morgan fingerprint density at radius 3 is 1.70 bits per heavy atom. The van der Waals surface area contributed by atoms with Gasteiger partial charge in [-0.3, -0.25) is 9.59 Å². The molecule has 0 N–H and O–H groups in total. The number of hydrogen-bond acceptors (Lipinski definition) is 8. The van der Waals surface area contributed by atoms with Crippen LogP contribution in [0.2, 0.25) is 0 Å². The molecule has 8 heteroatoms. The maximum Gasteiger partial charge on any atom is 0.305 e. The summed E-state index contributed by atoms with van der Waals surface area (Å²) in [7, 11) is 0. The van der Waals surface area contributed by atoms with Gasteiger partial charge in [0.15, 0.2) is 0 Å². The number of esters is 2. The fourth-order valence-electron chi connectivity index (χ4n) is 3.13. The van der Waals surface area contributed by atoms with Crippen LogP contribution in [0.25, 0.3) is 0 Å². The van der Waals surface area contributed by atoms with Crippen LogP contribution in [0, 0.1) is 0 Å². The van der Waals surface area contributed by atoms with Crippen LogP contribution in [-0.2, 0) is 38.0 Å². The summed E-state index contributed by atoms with van der Waals surface area (Å²) >= 11 is 0. The Labute approximate surface area is 180 Å². The summed E-state index contributed by atoms with van der Waals surface area (Å²) in [5, 5.41) is 0. The van der Waals surface area contributed by atoms with Gasteiger partial charge in [-0.15, -0.1) is 0 Å². The summed E-state index contributed by atoms with van der Waals surface area (Å²) in [5.74, 6) is -0.896. The molecule has 1 aliphatic rings. The molecule has 0 saturated carbocycles. The molecule has 0 amide bonds.